The largest absolute Gasteiger partial charge is 0.322 e. The monoisotopic (exact) mass is 463 g/mol. The summed E-state index contributed by atoms with van der Waals surface area (Å²) in [7, 11) is -7.08. The molecule has 0 bridgehead atoms. The average molecular weight is 464 g/mol. The van der Waals surface area contributed by atoms with Gasteiger partial charge in [-0.3, -0.25) is 14.5 Å². The van der Waals surface area contributed by atoms with Crippen molar-refractivity contribution in [2.24, 2.45) is 4.99 Å². The summed E-state index contributed by atoms with van der Waals surface area (Å²) in [6, 6.07) is 11.5. The van der Waals surface area contributed by atoms with Gasteiger partial charge in [-0.15, -0.1) is 0 Å². The highest BCUT2D eigenvalue weighted by molar-refractivity contribution is 7.91. The number of carbonyl (C=O) groups excluding carboxylic acids is 1. The van der Waals surface area contributed by atoms with E-state index in [9.17, 15) is 21.6 Å². The van der Waals surface area contributed by atoms with E-state index >= 15 is 0 Å². The van der Waals surface area contributed by atoms with Crippen LogP contribution < -0.4 is 10.0 Å². The fraction of sp³-hybridized carbons (Fsp3) is 0.333. The average Bonchev–Trinajstić information content (AvgIpc) is 3.02. The Hall–Kier alpha value is -2.72. The van der Waals surface area contributed by atoms with E-state index in [0.29, 0.717) is 30.1 Å². The summed E-state index contributed by atoms with van der Waals surface area (Å²) in [4.78, 5) is 16.9. The van der Waals surface area contributed by atoms with Crippen LogP contribution in [-0.4, -0.2) is 40.9 Å². The first kappa shape index (κ1) is 23.0. The predicted molar refractivity (Wildman–Crippen MR) is 120 cm³/mol. The molecule has 31 heavy (non-hydrogen) atoms. The minimum absolute atomic E-state index is 0.0179. The molecule has 0 aliphatic carbocycles. The number of carbonyl (C=O) groups is 1. The number of sulfone groups is 1. The number of benzene rings is 2. The van der Waals surface area contributed by atoms with Crippen molar-refractivity contribution >= 4 is 37.3 Å². The molecule has 3 rings (SSSR count). The molecule has 0 unspecified atom stereocenters. The second kappa shape index (κ2) is 9.61. The Morgan fingerprint density at radius 1 is 0.903 bits per heavy atom. The number of nitrogens with zero attached hydrogens (tertiary/aromatic N) is 1. The molecule has 0 saturated heterocycles. The van der Waals surface area contributed by atoms with Crippen molar-refractivity contribution < 1.29 is 21.6 Å². The van der Waals surface area contributed by atoms with Crippen LogP contribution in [0.4, 0.5) is 5.69 Å². The first-order chi connectivity index (χ1) is 14.7. The van der Waals surface area contributed by atoms with E-state index in [0.717, 1.165) is 19.3 Å². The van der Waals surface area contributed by atoms with E-state index < -0.39 is 25.8 Å². The summed E-state index contributed by atoms with van der Waals surface area (Å²) in [6.07, 6.45) is 3.49. The summed E-state index contributed by atoms with van der Waals surface area (Å²) in [5.74, 6) is 0.0288. The van der Waals surface area contributed by atoms with Crippen molar-refractivity contribution in [1.82, 2.24) is 4.72 Å². The van der Waals surface area contributed by atoms with Crippen molar-refractivity contribution in [3.63, 3.8) is 0 Å². The number of hydrogen-bond donors (Lipinski definition) is 2. The van der Waals surface area contributed by atoms with Gasteiger partial charge in [0.05, 0.1) is 15.5 Å². The molecule has 2 aromatic rings. The van der Waals surface area contributed by atoms with Gasteiger partial charge in [0.2, 0.25) is 0 Å². The highest BCUT2D eigenvalue weighted by Crippen LogP contribution is 2.17. The molecule has 2 N–H and O–H groups in total. The summed E-state index contributed by atoms with van der Waals surface area (Å²) >= 11 is 0. The second-order valence-electron chi connectivity index (χ2n) is 7.15. The Bertz CT molecular complexity index is 1170. The van der Waals surface area contributed by atoms with Crippen molar-refractivity contribution in [3.05, 3.63) is 54.1 Å². The van der Waals surface area contributed by atoms with E-state index in [4.69, 9.17) is 0 Å². The molecule has 2 aromatic carbocycles. The molecule has 1 amide bonds. The maximum absolute atomic E-state index is 12.6. The van der Waals surface area contributed by atoms with Gasteiger partial charge in [0, 0.05) is 24.2 Å². The lowest BCUT2D eigenvalue weighted by Crippen LogP contribution is -2.30. The maximum Gasteiger partial charge on any atom is 0.262 e. The van der Waals surface area contributed by atoms with E-state index in [2.05, 4.69) is 15.0 Å². The number of hydrogen-bond acceptors (Lipinski definition) is 6. The summed E-state index contributed by atoms with van der Waals surface area (Å²) < 4.78 is 51.4. The normalized spacial score (nSPS) is 14.9. The van der Waals surface area contributed by atoms with Gasteiger partial charge in [-0.2, -0.15) is 0 Å². The lowest BCUT2D eigenvalue weighted by Gasteiger charge is -2.11. The zero-order valence-electron chi connectivity index (χ0n) is 17.2. The lowest BCUT2D eigenvalue weighted by atomic mass is 10.2. The Labute approximate surface area is 182 Å². The molecule has 166 valence electrons. The van der Waals surface area contributed by atoms with Gasteiger partial charge in [-0.05, 0) is 61.4 Å². The number of amides is 1. The molecule has 8 nitrogen and oxygen atoms in total. The standard InChI is InChI=1S/C21H25N3O5S2/c1-2-30(26,27)18-11-7-16(8-12-18)21(25)23-17-9-13-19(14-10-17)31(28,29)24-20-6-4-3-5-15-22-20/h7-14H,2-6,15H2,1H3,(H,22,24)(H,23,25). The van der Waals surface area contributed by atoms with Crippen LogP contribution in [-0.2, 0) is 19.9 Å². The van der Waals surface area contributed by atoms with Crippen molar-refractivity contribution in [1.29, 1.82) is 0 Å². The molecule has 0 saturated carbocycles. The zero-order valence-corrected chi connectivity index (χ0v) is 18.8. The van der Waals surface area contributed by atoms with Gasteiger partial charge in [-0.25, -0.2) is 16.8 Å². The molecule has 1 aliphatic rings. The molecule has 1 aliphatic heterocycles. The van der Waals surface area contributed by atoms with Crippen LogP contribution in [0.15, 0.2) is 63.3 Å². The molecule has 0 radical (unpaired) electrons. The zero-order chi connectivity index (χ0) is 22.5. The molecule has 0 spiro atoms. The summed E-state index contributed by atoms with van der Waals surface area (Å²) in [5.41, 5.74) is 0.709. The SMILES string of the molecule is CCS(=O)(=O)c1ccc(C(=O)Nc2ccc(S(=O)(=O)NC3=NCCCCC3)cc2)cc1. The topological polar surface area (TPSA) is 122 Å². The number of rotatable bonds is 6. The molecule has 0 fully saturated rings. The van der Waals surface area contributed by atoms with E-state index in [1.807, 2.05) is 0 Å². The van der Waals surface area contributed by atoms with Crippen LogP contribution in [0.3, 0.4) is 0 Å². The highest BCUT2D eigenvalue weighted by atomic mass is 32.2. The highest BCUT2D eigenvalue weighted by Gasteiger charge is 2.18. The van der Waals surface area contributed by atoms with Crippen molar-refractivity contribution in [2.75, 3.05) is 17.6 Å². The maximum atomic E-state index is 12.6. The number of nitrogens with one attached hydrogen (secondary N) is 2. The number of anilines is 1. The third-order valence-electron chi connectivity index (χ3n) is 4.90. The van der Waals surface area contributed by atoms with Crippen LogP contribution >= 0.6 is 0 Å². The Morgan fingerprint density at radius 2 is 1.55 bits per heavy atom. The lowest BCUT2D eigenvalue weighted by molar-refractivity contribution is 0.102. The Morgan fingerprint density at radius 3 is 2.19 bits per heavy atom. The van der Waals surface area contributed by atoms with Crippen LogP contribution in [0.25, 0.3) is 0 Å². The van der Waals surface area contributed by atoms with Crippen molar-refractivity contribution in [3.8, 4) is 0 Å². The number of amidine groups is 1. The summed E-state index contributed by atoms with van der Waals surface area (Å²) in [5, 5.41) is 2.67. The van der Waals surface area contributed by atoms with E-state index in [-0.39, 0.29) is 15.5 Å². The fourth-order valence-corrected chi connectivity index (χ4v) is 5.05. The van der Waals surface area contributed by atoms with E-state index in [1.54, 1.807) is 6.92 Å². The molecule has 10 heteroatoms. The summed E-state index contributed by atoms with van der Waals surface area (Å²) in [6.45, 7) is 2.17. The van der Waals surface area contributed by atoms with Crippen LogP contribution in [0.2, 0.25) is 0 Å². The second-order valence-corrected chi connectivity index (χ2v) is 11.1. The first-order valence-electron chi connectivity index (χ1n) is 10.0. The van der Waals surface area contributed by atoms with Gasteiger partial charge in [0.25, 0.3) is 15.9 Å². The number of aliphatic imine (C=N–C) groups is 1. The minimum atomic E-state index is -3.75. The predicted octanol–water partition coefficient (Wildman–Crippen LogP) is 2.98. The van der Waals surface area contributed by atoms with Crippen LogP contribution in [0.1, 0.15) is 43.0 Å². The van der Waals surface area contributed by atoms with Crippen LogP contribution in [0, 0.1) is 0 Å². The number of sulfonamides is 1. The van der Waals surface area contributed by atoms with Gasteiger partial charge >= 0.3 is 0 Å². The molecular weight excluding hydrogens is 438 g/mol. The molecular formula is C21H25N3O5S2. The third kappa shape index (κ3) is 5.92. The third-order valence-corrected chi connectivity index (χ3v) is 8.05. The Balaban J connectivity index is 1.67. The quantitative estimate of drug-likeness (QED) is 0.682. The fourth-order valence-electron chi connectivity index (χ4n) is 3.07. The van der Waals surface area contributed by atoms with E-state index in [1.165, 1.54) is 48.5 Å². The Kier molecular flexibility index (Phi) is 7.11. The smallest absolute Gasteiger partial charge is 0.262 e. The van der Waals surface area contributed by atoms with Gasteiger partial charge < -0.3 is 5.32 Å². The molecule has 1 heterocycles. The van der Waals surface area contributed by atoms with Crippen molar-refractivity contribution in [2.45, 2.75) is 42.4 Å². The van der Waals surface area contributed by atoms with Crippen LogP contribution in [0.5, 0.6) is 0 Å². The van der Waals surface area contributed by atoms with Gasteiger partial charge in [-0.1, -0.05) is 13.3 Å². The van der Waals surface area contributed by atoms with Gasteiger partial charge in [0.15, 0.2) is 9.84 Å². The van der Waals surface area contributed by atoms with Gasteiger partial charge in [0.1, 0.15) is 5.84 Å². The first-order valence-corrected chi connectivity index (χ1v) is 13.2. The molecule has 0 aromatic heterocycles. The minimum Gasteiger partial charge on any atom is -0.322 e. The molecule has 0 atom stereocenters.